The number of carbonyl (C=O) groups excluding carboxylic acids is 1. The van der Waals surface area contributed by atoms with Crippen molar-refractivity contribution in [2.45, 2.75) is 26.4 Å². The summed E-state index contributed by atoms with van der Waals surface area (Å²) in [5.41, 5.74) is 0.833. The van der Waals surface area contributed by atoms with Crippen LogP contribution in [0.3, 0.4) is 0 Å². The summed E-state index contributed by atoms with van der Waals surface area (Å²) in [4.78, 5) is 11.5. The molecule has 0 unspecified atom stereocenters. The number of hydrogen-bond donors (Lipinski definition) is 1. The molecule has 102 valence electrons. The second-order valence-electron chi connectivity index (χ2n) is 4.54. The molecular weight excluding hydrogens is 247 g/mol. The summed E-state index contributed by atoms with van der Waals surface area (Å²) >= 11 is 0. The van der Waals surface area contributed by atoms with Crippen molar-refractivity contribution in [2.75, 3.05) is 6.54 Å². The number of halogens is 3. The maximum absolute atomic E-state index is 12.0. The van der Waals surface area contributed by atoms with E-state index in [0.717, 1.165) is 0 Å². The van der Waals surface area contributed by atoms with Gasteiger partial charge in [-0.1, -0.05) is 13.8 Å². The Balaban J connectivity index is 2.71. The van der Waals surface area contributed by atoms with E-state index in [1.807, 2.05) is 19.2 Å². The van der Waals surface area contributed by atoms with Crippen LogP contribution in [-0.4, -0.2) is 28.4 Å². The highest BCUT2D eigenvalue weighted by atomic mass is 19.4. The molecule has 1 aromatic heterocycles. The summed E-state index contributed by atoms with van der Waals surface area (Å²) in [6, 6.07) is 1.52. The van der Waals surface area contributed by atoms with E-state index >= 15 is 0 Å². The van der Waals surface area contributed by atoms with Gasteiger partial charge in [-0.05, 0) is 18.4 Å². The van der Waals surface area contributed by atoms with Crippen LogP contribution in [0.4, 0.5) is 13.2 Å². The van der Waals surface area contributed by atoms with Crippen LogP contribution in [0.25, 0.3) is 0 Å². The zero-order chi connectivity index (χ0) is 13.9. The average Bonchev–Trinajstić information content (AvgIpc) is 2.53. The lowest BCUT2D eigenvalue weighted by Gasteiger charge is -2.07. The second-order valence-corrected chi connectivity index (χ2v) is 4.54. The monoisotopic (exact) mass is 263 g/mol. The lowest BCUT2D eigenvalue weighted by Crippen LogP contribution is -2.34. The number of nitrogens with zero attached hydrogens (tertiary/aromatic N) is 2. The fourth-order valence-corrected chi connectivity index (χ4v) is 1.53. The quantitative estimate of drug-likeness (QED) is 0.902. The molecule has 0 saturated carbocycles. The molecule has 0 saturated heterocycles. The highest BCUT2D eigenvalue weighted by molar-refractivity contribution is 5.92. The standard InChI is InChI=1S/C11H16F3N3O/c1-7(2)4-8-5-9(17(3)16-8)10(18)15-6-11(12,13)14/h5,7H,4,6H2,1-3H3,(H,15,18). The number of hydrogen-bond acceptors (Lipinski definition) is 2. The van der Waals surface area contributed by atoms with Crippen LogP contribution >= 0.6 is 0 Å². The fraction of sp³-hybridized carbons (Fsp3) is 0.636. The summed E-state index contributed by atoms with van der Waals surface area (Å²) in [6.07, 6.45) is -3.73. The molecule has 1 aromatic rings. The SMILES string of the molecule is CC(C)Cc1cc(C(=O)NCC(F)(F)F)n(C)n1. The van der Waals surface area contributed by atoms with Gasteiger partial charge in [0.2, 0.25) is 0 Å². The van der Waals surface area contributed by atoms with Gasteiger partial charge in [-0.3, -0.25) is 9.48 Å². The first-order valence-electron chi connectivity index (χ1n) is 5.57. The number of carbonyl (C=O) groups is 1. The highest BCUT2D eigenvalue weighted by Gasteiger charge is 2.28. The molecule has 0 aliphatic rings. The molecular formula is C11H16F3N3O. The van der Waals surface area contributed by atoms with Gasteiger partial charge in [0.05, 0.1) is 5.69 Å². The molecule has 18 heavy (non-hydrogen) atoms. The van der Waals surface area contributed by atoms with E-state index in [4.69, 9.17) is 0 Å². The molecule has 0 fully saturated rings. The third-order valence-corrected chi connectivity index (χ3v) is 2.23. The summed E-state index contributed by atoms with van der Waals surface area (Å²) in [5.74, 6) is -0.400. The molecule has 0 aromatic carbocycles. The molecule has 1 rings (SSSR count). The molecule has 0 aliphatic carbocycles. The molecule has 0 spiro atoms. The predicted molar refractivity (Wildman–Crippen MR) is 60.1 cm³/mol. The first-order chi connectivity index (χ1) is 8.19. The van der Waals surface area contributed by atoms with Crippen molar-refractivity contribution in [1.29, 1.82) is 0 Å². The van der Waals surface area contributed by atoms with Crippen molar-refractivity contribution in [3.63, 3.8) is 0 Å². The van der Waals surface area contributed by atoms with Gasteiger partial charge in [0.15, 0.2) is 0 Å². The maximum atomic E-state index is 12.0. The minimum atomic E-state index is -4.41. The normalized spacial score (nSPS) is 11.9. The molecule has 0 aliphatic heterocycles. The first-order valence-corrected chi connectivity index (χ1v) is 5.57. The van der Waals surface area contributed by atoms with Crippen LogP contribution < -0.4 is 5.32 Å². The van der Waals surface area contributed by atoms with Gasteiger partial charge in [-0.2, -0.15) is 18.3 Å². The summed E-state index contributed by atoms with van der Waals surface area (Å²) in [7, 11) is 1.53. The largest absolute Gasteiger partial charge is 0.405 e. The average molecular weight is 263 g/mol. The highest BCUT2D eigenvalue weighted by Crippen LogP contribution is 2.13. The predicted octanol–water partition coefficient (Wildman–Crippen LogP) is 1.91. The smallest absolute Gasteiger partial charge is 0.342 e. The third kappa shape index (κ3) is 4.38. The molecule has 0 atom stereocenters. The number of nitrogens with one attached hydrogen (secondary N) is 1. The Kier molecular flexibility index (Phi) is 4.37. The van der Waals surface area contributed by atoms with Crippen LogP contribution in [0.15, 0.2) is 6.07 Å². The molecule has 4 nitrogen and oxygen atoms in total. The van der Waals surface area contributed by atoms with E-state index in [0.29, 0.717) is 18.0 Å². The lowest BCUT2D eigenvalue weighted by molar-refractivity contribution is -0.123. The van der Waals surface area contributed by atoms with E-state index < -0.39 is 18.6 Å². The number of amides is 1. The third-order valence-electron chi connectivity index (χ3n) is 2.23. The topological polar surface area (TPSA) is 46.9 Å². The zero-order valence-corrected chi connectivity index (χ0v) is 10.5. The number of aromatic nitrogens is 2. The number of rotatable bonds is 4. The number of aryl methyl sites for hydroxylation is 1. The van der Waals surface area contributed by atoms with Gasteiger partial charge in [0.1, 0.15) is 12.2 Å². The van der Waals surface area contributed by atoms with Gasteiger partial charge in [0, 0.05) is 7.05 Å². The van der Waals surface area contributed by atoms with Gasteiger partial charge in [-0.15, -0.1) is 0 Å². The van der Waals surface area contributed by atoms with E-state index in [1.54, 1.807) is 0 Å². The second kappa shape index (κ2) is 5.41. The van der Waals surface area contributed by atoms with Crippen molar-refractivity contribution in [1.82, 2.24) is 15.1 Å². The van der Waals surface area contributed by atoms with Crippen LogP contribution in [-0.2, 0) is 13.5 Å². The first kappa shape index (κ1) is 14.5. The Morgan fingerprint density at radius 1 is 1.50 bits per heavy atom. The minimum absolute atomic E-state index is 0.134. The van der Waals surface area contributed by atoms with Crippen LogP contribution in [0.5, 0.6) is 0 Å². The summed E-state index contributed by atoms with van der Waals surface area (Å²) in [6.45, 7) is 2.66. The van der Waals surface area contributed by atoms with E-state index in [1.165, 1.54) is 17.8 Å². The zero-order valence-electron chi connectivity index (χ0n) is 10.5. The molecule has 1 amide bonds. The Morgan fingerprint density at radius 2 is 2.11 bits per heavy atom. The van der Waals surface area contributed by atoms with E-state index in [9.17, 15) is 18.0 Å². The lowest BCUT2D eigenvalue weighted by atomic mass is 10.1. The Hall–Kier alpha value is -1.53. The summed E-state index contributed by atoms with van der Waals surface area (Å²) in [5, 5.41) is 5.91. The van der Waals surface area contributed by atoms with Gasteiger partial charge < -0.3 is 5.32 Å². The minimum Gasteiger partial charge on any atom is -0.342 e. The van der Waals surface area contributed by atoms with Gasteiger partial charge in [-0.25, -0.2) is 0 Å². The van der Waals surface area contributed by atoms with Gasteiger partial charge in [0.25, 0.3) is 5.91 Å². The molecule has 0 radical (unpaired) electrons. The Labute approximate surface area is 103 Å². The van der Waals surface area contributed by atoms with Crippen molar-refractivity contribution in [2.24, 2.45) is 13.0 Å². The van der Waals surface area contributed by atoms with Crippen LogP contribution in [0.2, 0.25) is 0 Å². The molecule has 1 heterocycles. The fourth-order valence-electron chi connectivity index (χ4n) is 1.53. The Morgan fingerprint density at radius 3 is 2.61 bits per heavy atom. The number of alkyl halides is 3. The van der Waals surface area contributed by atoms with Crippen LogP contribution in [0, 0.1) is 5.92 Å². The van der Waals surface area contributed by atoms with Crippen molar-refractivity contribution in [3.8, 4) is 0 Å². The molecule has 0 bridgehead atoms. The molecule has 1 N–H and O–H groups in total. The van der Waals surface area contributed by atoms with Crippen LogP contribution in [0.1, 0.15) is 30.0 Å². The molecule has 7 heteroatoms. The Bertz CT molecular complexity index is 424. The van der Waals surface area contributed by atoms with Crippen molar-refractivity contribution >= 4 is 5.91 Å². The van der Waals surface area contributed by atoms with Crippen molar-refractivity contribution < 1.29 is 18.0 Å². The van der Waals surface area contributed by atoms with E-state index in [-0.39, 0.29) is 5.69 Å². The summed E-state index contributed by atoms with van der Waals surface area (Å²) < 4.78 is 37.2. The van der Waals surface area contributed by atoms with Gasteiger partial charge >= 0.3 is 6.18 Å². The van der Waals surface area contributed by atoms with Crippen molar-refractivity contribution in [3.05, 3.63) is 17.5 Å². The van der Waals surface area contributed by atoms with E-state index in [2.05, 4.69) is 5.10 Å². The maximum Gasteiger partial charge on any atom is 0.405 e.